The molecule has 0 radical (unpaired) electrons. The average molecular weight is 254 g/mol. The van der Waals surface area contributed by atoms with Crippen molar-refractivity contribution < 1.29 is 19.8 Å². The lowest BCUT2D eigenvalue weighted by Crippen LogP contribution is -2.32. The molecule has 0 aromatic rings. The zero-order chi connectivity index (χ0) is 11.8. The first kappa shape index (κ1) is 14.6. The number of carbonyl (C=O) groups is 2. The number of carboxylic acids is 2. The Hall–Kier alpha value is -0.440. The summed E-state index contributed by atoms with van der Waals surface area (Å²) >= 11 is 0. The third-order valence-electron chi connectivity index (χ3n) is 1.48. The van der Waals surface area contributed by atoms with Gasteiger partial charge >= 0.3 is 11.9 Å². The zero-order valence-corrected chi connectivity index (χ0v) is 9.59. The molecule has 15 heavy (non-hydrogen) atoms. The predicted octanol–water partition coefficient (Wildman–Crippen LogP) is -0.418. The van der Waals surface area contributed by atoms with Crippen LogP contribution in [0.4, 0.5) is 0 Å². The van der Waals surface area contributed by atoms with Crippen molar-refractivity contribution in [3.63, 3.8) is 0 Å². The summed E-state index contributed by atoms with van der Waals surface area (Å²) in [4.78, 5) is 20.6. The molecule has 8 heteroatoms. The van der Waals surface area contributed by atoms with Gasteiger partial charge in [-0.05, 0) is 6.42 Å². The van der Waals surface area contributed by atoms with Crippen molar-refractivity contribution in [1.82, 2.24) is 0 Å². The minimum atomic E-state index is -1.04. The molecular weight excluding hydrogens is 240 g/mol. The van der Waals surface area contributed by atoms with Crippen molar-refractivity contribution in [1.29, 1.82) is 0 Å². The molecule has 0 aliphatic rings. The topological polar surface area (TPSA) is 127 Å². The summed E-state index contributed by atoms with van der Waals surface area (Å²) in [6.45, 7) is 0. The summed E-state index contributed by atoms with van der Waals surface area (Å²) in [7, 11) is 2.68. The molecule has 0 saturated carbocycles. The Kier molecular flexibility index (Phi) is 7.57. The lowest BCUT2D eigenvalue weighted by molar-refractivity contribution is -0.139. The molecule has 88 valence electrons. The fraction of sp³-hybridized carbons (Fsp3) is 0.714. The first-order valence-electron chi connectivity index (χ1n) is 4.16. The van der Waals surface area contributed by atoms with Gasteiger partial charge < -0.3 is 21.7 Å². The summed E-state index contributed by atoms with van der Waals surface area (Å²) in [6, 6.07) is -1.73. The van der Waals surface area contributed by atoms with E-state index in [1.165, 1.54) is 21.6 Å². The Labute approximate surface area is 95.2 Å². The monoisotopic (exact) mass is 254 g/mol. The second-order valence-electron chi connectivity index (χ2n) is 2.78. The molecule has 0 unspecified atom stereocenters. The van der Waals surface area contributed by atoms with E-state index in [0.717, 1.165) is 0 Å². The van der Waals surface area contributed by atoms with E-state index in [-0.39, 0.29) is 0 Å². The number of nitrogens with two attached hydrogens (primary N) is 2. The number of carboxylic acid groups (broad SMARTS) is 2. The molecule has 6 nitrogen and oxygen atoms in total. The van der Waals surface area contributed by atoms with Crippen molar-refractivity contribution in [2.45, 2.75) is 18.5 Å². The minimum Gasteiger partial charge on any atom is -0.480 e. The highest BCUT2D eigenvalue weighted by Gasteiger charge is 2.13. The first-order chi connectivity index (χ1) is 6.95. The molecule has 0 bridgehead atoms. The highest BCUT2D eigenvalue weighted by atomic mass is 33.1. The molecule has 0 heterocycles. The van der Waals surface area contributed by atoms with Crippen LogP contribution in [0.15, 0.2) is 0 Å². The summed E-state index contributed by atoms with van der Waals surface area (Å²) in [5, 5.41) is 16.9. The van der Waals surface area contributed by atoms with Gasteiger partial charge in [0.15, 0.2) is 0 Å². The summed E-state index contributed by atoms with van der Waals surface area (Å²) < 4.78 is 0. The molecule has 2 atom stereocenters. The average Bonchev–Trinajstić information content (AvgIpc) is 2.16. The van der Waals surface area contributed by atoms with Gasteiger partial charge in [0, 0.05) is 11.5 Å². The Morgan fingerprint density at radius 3 is 2.07 bits per heavy atom. The van der Waals surface area contributed by atoms with Gasteiger partial charge in [0.2, 0.25) is 0 Å². The van der Waals surface area contributed by atoms with Gasteiger partial charge in [-0.1, -0.05) is 21.6 Å². The van der Waals surface area contributed by atoms with E-state index in [9.17, 15) is 9.59 Å². The lowest BCUT2D eigenvalue weighted by Gasteiger charge is -2.06. The quantitative estimate of drug-likeness (QED) is 0.340. The molecule has 6 N–H and O–H groups in total. The SMILES string of the molecule is N[C@H](CCSSC[C@@H](N)C(=O)O)C(=O)O. The van der Waals surface area contributed by atoms with Crippen molar-refractivity contribution in [3.8, 4) is 0 Å². The number of hydrogen-bond acceptors (Lipinski definition) is 6. The summed E-state index contributed by atoms with van der Waals surface area (Å²) in [5.74, 6) is -1.21. The van der Waals surface area contributed by atoms with Crippen molar-refractivity contribution in [2.24, 2.45) is 11.5 Å². The standard InChI is InChI=1S/C7H14N2O4S2/c8-4(6(10)11)1-2-14-15-3-5(9)7(12)13/h4-5H,1-3,8-9H2,(H,10,11)(H,12,13)/t4-,5-/m1/s1. The van der Waals surface area contributed by atoms with Crippen LogP contribution in [0.5, 0.6) is 0 Å². The van der Waals surface area contributed by atoms with Crippen LogP contribution in [-0.4, -0.2) is 45.7 Å². The van der Waals surface area contributed by atoms with E-state index in [2.05, 4.69) is 0 Å². The Morgan fingerprint density at radius 2 is 1.60 bits per heavy atom. The van der Waals surface area contributed by atoms with E-state index in [1.807, 2.05) is 0 Å². The fourth-order valence-electron chi connectivity index (χ4n) is 0.550. The molecule has 0 saturated heterocycles. The van der Waals surface area contributed by atoms with Gasteiger partial charge in [0.05, 0.1) is 0 Å². The molecule has 0 aliphatic heterocycles. The van der Waals surface area contributed by atoms with Gasteiger partial charge in [-0.3, -0.25) is 9.59 Å². The Bertz CT molecular complexity index is 205. The van der Waals surface area contributed by atoms with Crippen LogP contribution in [0, 0.1) is 0 Å². The van der Waals surface area contributed by atoms with Gasteiger partial charge in [0.1, 0.15) is 12.1 Å². The second kappa shape index (κ2) is 7.80. The largest absolute Gasteiger partial charge is 0.480 e. The van der Waals surface area contributed by atoms with E-state index < -0.39 is 24.0 Å². The summed E-state index contributed by atoms with van der Waals surface area (Å²) in [6.07, 6.45) is 0.356. The highest BCUT2D eigenvalue weighted by Crippen LogP contribution is 2.22. The van der Waals surface area contributed by atoms with Crippen LogP contribution in [0.25, 0.3) is 0 Å². The second-order valence-corrected chi connectivity index (χ2v) is 5.41. The molecule has 0 amide bonds. The van der Waals surface area contributed by atoms with Gasteiger partial charge in [-0.15, -0.1) is 0 Å². The number of aliphatic carboxylic acids is 2. The maximum absolute atomic E-state index is 10.3. The van der Waals surface area contributed by atoms with Crippen LogP contribution in [0.3, 0.4) is 0 Å². The zero-order valence-electron chi connectivity index (χ0n) is 7.96. The molecule has 0 rings (SSSR count). The molecule has 0 aliphatic carbocycles. The van der Waals surface area contributed by atoms with Crippen molar-refractivity contribution >= 4 is 33.5 Å². The maximum Gasteiger partial charge on any atom is 0.321 e. The van der Waals surface area contributed by atoms with Crippen LogP contribution < -0.4 is 11.5 Å². The predicted molar refractivity (Wildman–Crippen MR) is 60.8 cm³/mol. The van der Waals surface area contributed by atoms with Gasteiger partial charge in [-0.2, -0.15) is 0 Å². The summed E-state index contributed by atoms with van der Waals surface area (Å²) in [5.41, 5.74) is 10.5. The van der Waals surface area contributed by atoms with Gasteiger partial charge in [0.25, 0.3) is 0 Å². The van der Waals surface area contributed by atoms with Crippen molar-refractivity contribution in [2.75, 3.05) is 11.5 Å². The maximum atomic E-state index is 10.3. The lowest BCUT2D eigenvalue weighted by atomic mass is 10.2. The Balaban J connectivity index is 3.40. The highest BCUT2D eigenvalue weighted by molar-refractivity contribution is 8.76. The minimum absolute atomic E-state index is 0.294. The van der Waals surface area contributed by atoms with Crippen molar-refractivity contribution in [3.05, 3.63) is 0 Å². The van der Waals surface area contributed by atoms with Crippen LogP contribution in [0.1, 0.15) is 6.42 Å². The smallest absolute Gasteiger partial charge is 0.321 e. The third-order valence-corrected chi connectivity index (χ3v) is 3.95. The molecule has 0 aromatic heterocycles. The number of hydrogen-bond donors (Lipinski definition) is 4. The third kappa shape index (κ3) is 7.48. The molecule has 0 aromatic carbocycles. The number of rotatable bonds is 8. The van der Waals surface area contributed by atoms with Crippen LogP contribution >= 0.6 is 21.6 Å². The molecule has 0 fully saturated rings. The van der Waals surface area contributed by atoms with Gasteiger partial charge in [-0.25, -0.2) is 0 Å². The fourth-order valence-corrected chi connectivity index (χ4v) is 2.77. The van der Waals surface area contributed by atoms with E-state index in [1.54, 1.807) is 0 Å². The molecular formula is C7H14N2O4S2. The normalized spacial score (nSPS) is 14.5. The van der Waals surface area contributed by atoms with E-state index in [0.29, 0.717) is 17.9 Å². The van der Waals surface area contributed by atoms with Crippen LogP contribution in [0.2, 0.25) is 0 Å². The Morgan fingerprint density at radius 1 is 1.07 bits per heavy atom. The molecule has 0 spiro atoms. The van der Waals surface area contributed by atoms with E-state index >= 15 is 0 Å². The van der Waals surface area contributed by atoms with E-state index in [4.69, 9.17) is 21.7 Å². The first-order valence-corrected chi connectivity index (χ1v) is 6.65. The van der Waals surface area contributed by atoms with Crippen LogP contribution in [-0.2, 0) is 9.59 Å².